The minimum atomic E-state index is 0. The largest absolute Gasteiger partial charge is 1.00 e. The Morgan fingerprint density at radius 1 is 1.00 bits per heavy atom. The molecule has 0 aliphatic rings. The van der Waals surface area contributed by atoms with Crippen molar-refractivity contribution < 1.29 is 20.3 Å². The third kappa shape index (κ3) is 8.97. The Kier molecular flexibility index (Phi) is 181. The first-order valence-electron chi connectivity index (χ1n) is 0. The molecule has 0 aromatic heterocycles. The summed E-state index contributed by atoms with van der Waals surface area (Å²) in [6, 6.07) is 0. The average Bonchev–Trinajstić information content (AvgIpc) is 0. The van der Waals surface area contributed by atoms with Gasteiger partial charge in [0.2, 0.25) is 0 Å². The van der Waals surface area contributed by atoms with Gasteiger partial charge in [-0.05, 0) is 0 Å². The first kappa shape index (κ1) is 36.8. The molecule has 0 rings (SSSR count). The molecule has 0 saturated carbocycles. The van der Waals surface area contributed by atoms with E-state index in [4.69, 9.17) is 0 Å². The van der Waals surface area contributed by atoms with Gasteiger partial charge in [0.25, 0.3) is 0 Å². The fraction of sp³-hybridized carbons (Fsp3) is 0. The van der Waals surface area contributed by atoms with Gasteiger partial charge in [-0.1, -0.05) is 0 Å². The summed E-state index contributed by atoms with van der Waals surface area (Å²) in [5, 5.41) is 0. The molecule has 4 heavy (non-hydrogen) atoms. The van der Waals surface area contributed by atoms with E-state index in [1.807, 2.05) is 0 Å². The van der Waals surface area contributed by atoms with E-state index in [9.17, 15) is 0 Å². The van der Waals surface area contributed by atoms with Gasteiger partial charge in [-0.15, -0.1) is 24.8 Å². The topological polar surface area (TPSA) is 0 Å². The summed E-state index contributed by atoms with van der Waals surface area (Å²) < 4.78 is 0. The quantitative estimate of drug-likeness (QED) is 0.360. The molecule has 0 nitrogen and oxygen atoms in total. The van der Waals surface area contributed by atoms with E-state index in [0.717, 1.165) is 0 Å². The van der Waals surface area contributed by atoms with Gasteiger partial charge in [0.15, 0.2) is 0 Å². The van der Waals surface area contributed by atoms with Gasteiger partial charge in [0.05, 0.1) is 0 Å². The van der Waals surface area contributed by atoms with E-state index in [-0.39, 0.29) is 70.9 Å². The Labute approximate surface area is 70.4 Å². The molecule has 0 heterocycles. The van der Waals surface area contributed by atoms with E-state index >= 15 is 0 Å². The summed E-state index contributed by atoms with van der Waals surface area (Å²) in [5.41, 5.74) is 0. The summed E-state index contributed by atoms with van der Waals surface area (Å²) in [4.78, 5) is 0. The van der Waals surface area contributed by atoms with Crippen molar-refractivity contribution in [3.05, 3.63) is 0 Å². The predicted molar refractivity (Wildman–Crippen MR) is 25.5 cm³/mol. The molecule has 0 aromatic rings. The van der Waals surface area contributed by atoms with Gasteiger partial charge in [0.1, 0.15) is 0 Å². The summed E-state index contributed by atoms with van der Waals surface area (Å²) >= 11 is 0. The average molecular weight is 199 g/mol. The van der Waals surface area contributed by atoms with E-state index < -0.39 is 0 Å². The van der Waals surface area contributed by atoms with Crippen LogP contribution in [-0.4, -0.2) is 25.8 Å². The predicted octanol–water partition coefficient (Wildman–Crippen LogP) is -3.22. The van der Waals surface area contributed by atoms with Crippen molar-refractivity contribution in [3.63, 3.8) is 0 Å². The van der Waals surface area contributed by atoms with Crippen molar-refractivity contribution in [2.45, 2.75) is 0 Å². The van der Waals surface area contributed by atoms with Crippen molar-refractivity contribution in [2.75, 3.05) is 0 Å². The number of rotatable bonds is 0. The Morgan fingerprint density at radius 3 is 1.00 bits per heavy atom. The van der Waals surface area contributed by atoms with Crippen LogP contribution in [-0.2, 0) is 0 Å². The van der Waals surface area contributed by atoms with Crippen molar-refractivity contribution in [3.8, 4) is 0 Å². The van der Waals surface area contributed by atoms with Crippen LogP contribution in [0, 0.1) is 0 Å². The molecule has 0 aromatic carbocycles. The Morgan fingerprint density at radius 2 is 1.00 bits per heavy atom. The first-order chi connectivity index (χ1) is 0. The first-order valence-corrected chi connectivity index (χ1v) is 0. The smallest absolute Gasteiger partial charge is 1.00 e. The maximum atomic E-state index is 0. The SMILES string of the molecule is Cl.Cl.[H-].[InH3].[Li+]. The molecule has 4 heteroatoms. The monoisotopic (exact) mass is 198 g/mol. The van der Waals surface area contributed by atoms with Crippen molar-refractivity contribution >= 4 is 50.7 Å². The fourth-order valence-electron chi connectivity index (χ4n) is 0. The summed E-state index contributed by atoms with van der Waals surface area (Å²) in [5.74, 6) is 0. The minimum Gasteiger partial charge on any atom is 1.00 e. The fourth-order valence-corrected chi connectivity index (χ4v) is 0. The van der Waals surface area contributed by atoms with E-state index in [1.165, 1.54) is 0 Å². The van der Waals surface area contributed by atoms with Gasteiger partial charge in [-0.2, -0.15) is 0 Å². The van der Waals surface area contributed by atoms with Crippen LogP contribution in [0.5, 0.6) is 0 Å². The van der Waals surface area contributed by atoms with E-state index in [0.29, 0.717) is 0 Å². The zero-order valence-corrected chi connectivity index (χ0v) is 3.45. The molecule has 0 saturated heterocycles. The second-order valence-corrected chi connectivity index (χ2v) is 0. The summed E-state index contributed by atoms with van der Waals surface area (Å²) in [6.07, 6.45) is 0. The number of halogens is 2. The van der Waals surface area contributed by atoms with Crippen LogP contribution in [0.15, 0.2) is 0 Å². The molecule has 0 N–H and O–H groups in total. The van der Waals surface area contributed by atoms with Crippen LogP contribution in [0.2, 0.25) is 0 Å². The molecular formula is H6Cl2InLi. The molecule has 0 atom stereocenters. The van der Waals surface area contributed by atoms with Gasteiger partial charge in [-0.25, -0.2) is 0 Å². The third-order valence-electron chi connectivity index (χ3n) is 0. The molecule has 0 spiro atoms. The Hall–Kier alpha value is 2.05. The number of hydrogen-bond donors (Lipinski definition) is 0. The molecular weight excluding hydrogens is 193 g/mol. The Balaban J connectivity index is 0. The van der Waals surface area contributed by atoms with Gasteiger partial charge in [0, 0.05) is 0 Å². The van der Waals surface area contributed by atoms with Gasteiger partial charge < -0.3 is 1.43 Å². The van der Waals surface area contributed by atoms with Crippen LogP contribution >= 0.6 is 24.8 Å². The van der Waals surface area contributed by atoms with Gasteiger partial charge >= 0.3 is 44.7 Å². The molecule has 0 radical (unpaired) electrons. The molecule has 0 aliphatic heterocycles. The van der Waals surface area contributed by atoms with Crippen LogP contribution in [0.25, 0.3) is 0 Å². The normalized spacial score (nSPS) is 0. The summed E-state index contributed by atoms with van der Waals surface area (Å²) in [6.45, 7) is 0. The van der Waals surface area contributed by atoms with Crippen LogP contribution < -0.4 is 18.9 Å². The molecule has 0 fully saturated rings. The van der Waals surface area contributed by atoms with Crippen molar-refractivity contribution in [1.29, 1.82) is 0 Å². The molecule has 24 valence electrons. The maximum Gasteiger partial charge on any atom is 1.00 e. The second-order valence-electron chi connectivity index (χ2n) is 0. The Bertz CT molecular complexity index is 9.61. The molecule has 0 bridgehead atoms. The third-order valence-corrected chi connectivity index (χ3v) is 0. The minimum absolute atomic E-state index is 0. The second kappa shape index (κ2) is 19.7. The van der Waals surface area contributed by atoms with Crippen molar-refractivity contribution in [1.82, 2.24) is 0 Å². The molecule has 0 aliphatic carbocycles. The van der Waals surface area contributed by atoms with E-state index in [1.54, 1.807) is 0 Å². The van der Waals surface area contributed by atoms with Crippen molar-refractivity contribution in [2.24, 2.45) is 0 Å². The molecule has 0 amide bonds. The maximum absolute atomic E-state index is 0. The standard InChI is InChI=1S/2ClH.In.Li.4H/h2*1H;;;;;;/q;;;+1;;;;-1. The zero-order valence-electron chi connectivity index (χ0n) is 2.82. The van der Waals surface area contributed by atoms with Crippen LogP contribution in [0.3, 0.4) is 0 Å². The molecule has 0 unspecified atom stereocenters. The van der Waals surface area contributed by atoms with Crippen LogP contribution in [0.4, 0.5) is 0 Å². The number of hydrogen-bond acceptors (Lipinski definition) is 0. The van der Waals surface area contributed by atoms with Gasteiger partial charge in [-0.3, -0.25) is 0 Å². The van der Waals surface area contributed by atoms with E-state index in [2.05, 4.69) is 0 Å². The summed E-state index contributed by atoms with van der Waals surface area (Å²) in [7, 11) is 0. The zero-order chi connectivity index (χ0) is 0. The van der Waals surface area contributed by atoms with Crippen LogP contribution in [0.1, 0.15) is 1.43 Å².